The summed E-state index contributed by atoms with van der Waals surface area (Å²) in [7, 11) is 0. The van der Waals surface area contributed by atoms with Gasteiger partial charge in [-0.2, -0.15) is 0 Å². The van der Waals surface area contributed by atoms with Gasteiger partial charge in [0.05, 0.1) is 0 Å². The highest BCUT2D eigenvalue weighted by molar-refractivity contribution is 6.03. The summed E-state index contributed by atoms with van der Waals surface area (Å²) in [6, 6.07) is 10.7. The van der Waals surface area contributed by atoms with E-state index in [2.05, 4.69) is 15.2 Å². The number of Topliss-reactive ketones (excluding diaryl/α,β-unsaturated/α-hetero) is 1. The van der Waals surface area contributed by atoms with E-state index in [-0.39, 0.29) is 11.7 Å². The van der Waals surface area contributed by atoms with E-state index in [0.29, 0.717) is 16.9 Å². The third-order valence-corrected chi connectivity index (χ3v) is 4.50. The van der Waals surface area contributed by atoms with E-state index in [0.717, 1.165) is 18.8 Å². The molecule has 5 heteroatoms. The lowest BCUT2D eigenvalue weighted by Gasteiger charge is -2.22. The van der Waals surface area contributed by atoms with Crippen LogP contribution >= 0.6 is 0 Å². The second-order valence-corrected chi connectivity index (χ2v) is 6.39. The second-order valence-electron chi connectivity index (χ2n) is 6.39. The van der Waals surface area contributed by atoms with Crippen LogP contribution in [-0.4, -0.2) is 29.8 Å². The van der Waals surface area contributed by atoms with Crippen molar-refractivity contribution in [3.63, 3.8) is 0 Å². The van der Waals surface area contributed by atoms with Crippen molar-refractivity contribution in [3.8, 4) is 0 Å². The van der Waals surface area contributed by atoms with Crippen LogP contribution in [0.4, 0.5) is 11.4 Å². The molecule has 1 aliphatic rings. The van der Waals surface area contributed by atoms with E-state index >= 15 is 0 Å². The minimum absolute atomic E-state index is 0.00435. The highest BCUT2D eigenvalue weighted by atomic mass is 16.2. The van der Waals surface area contributed by atoms with Crippen LogP contribution in [0.1, 0.15) is 53.5 Å². The second kappa shape index (κ2) is 7.92. The summed E-state index contributed by atoms with van der Waals surface area (Å²) in [4.78, 5) is 30.3. The van der Waals surface area contributed by atoms with Crippen molar-refractivity contribution in [1.29, 1.82) is 0 Å². The van der Waals surface area contributed by atoms with Gasteiger partial charge in [0.1, 0.15) is 5.69 Å². The fraction of sp³-hybridized carbons (Fsp3) is 0.350. The van der Waals surface area contributed by atoms with Gasteiger partial charge >= 0.3 is 0 Å². The van der Waals surface area contributed by atoms with Gasteiger partial charge in [-0.15, -0.1) is 0 Å². The van der Waals surface area contributed by atoms with E-state index in [4.69, 9.17) is 0 Å². The number of rotatable bonds is 4. The highest BCUT2D eigenvalue weighted by Gasteiger charge is 2.14. The molecule has 1 saturated heterocycles. The van der Waals surface area contributed by atoms with E-state index < -0.39 is 0 Å². The average molecular weight is 337 g/mol. The first kappa shape index (κ1) is 17.1. The quantitative estimate of drug-likeness (QED) is 0.859. The molecule has 1 fully saturated rings. The first-order valence-electron chi connectivity index (χ1n) is 8.77. The number of carbonyl (C=O) groups excluding carboxylic acids is 2. The van der Waals surface area contributed by atoms with Gasteiger partial charge in [-0.1, -0.05) is 12.8 Å². The molecule has 3 rings (SSSR count). The Balaban J connectivity index is 1.71. The van der Waals surface area contributed by atoms with E-state index in [1.54, 1.807) is 30.5 Å². The van der Waals surface area contributed by atoms with Crippen LogP contribution in [0.2, 0.25) is 0 Å². The number of anilines is 2. The van der Waals surface area contributed by atoms with Crippen LogP contribution in [-0.2, 0) is 0 Å². The van der Waals surface area contributed by atoms with Gasteiger partial charge < -0.3 is 10.2 Å². The van der Waals surface area contributed by atoms with Gasteiger partial charge in [0.25, 0.3) is 5.91 Å². The summed E-state index contributed by atoms with van der Waals surface area (Å²) in [5, 5.41) is 2.84. The molecular weight excluding hydrogens is 314 g/mol. The normalized spacial score (nSPS) is 14.7. The molecule has 0 radical (unpaired) electrons. The number of hydrogen-bond acceptors (Lipinski definition) is 4. The number of carbonyl (C=O) groups is 2. The molecular formula is C20H23N3O2. The van der Waals surface area contributed by atoms with E-state index in [1.807, 2.05) is 12.1 Å². The Morgan fingerprint density at radius 1 is 1.00 bits per heavy atom. The Morgan fingerprint density at radius 3 is 2.32 bits per heavy atom. The molecule has 1 aliphatic heterocycles. The maximum absolute atomic E-state index is 12.5. The number of aromatic nitrogens is 1. The summed E-state index contributed by atoms with van der Waals surface area (Å²) in [6.45, 7) is 3.57. The number of hydrogen-bond donors (Lipinski definition) is 1. The Hall–Kier alpha value is -2.69. The standard InChI is InChI=1S/C20H23N3O2/c1-15(24)16-6-8-17(9-7-16)22-20(25)19-14-18(10-11-21-19)23-12-4-2-3-5-13-23/h6-11,14H,2-5,12-13H2,1H3,(H,22,25). The number of amides is 1. The number of nitrogens with zero attached hydrogens (tertiary/aromatic N) is 2. The van der Waals surface area contributed by atoms with Crippen molar-refractivity contribution in [2.45, 2.75) is 32.6 Å². The Labute approximate surface area is 148 Å². The number of ketones is 1. The van der Waals surface area contributed by atoms with Crippen molar-refractivity contribution in [2.75, 3.05) is 23.3 Å². The van der Waals surface area contributed by atoms with Crippen LogP contribution in [0.3, 0.4) is 0 Å². The van der Waals surface area contributed by atoms with Crippen molar-refractivity contribution in [1.82, 2.24) is 4.98 Å². The summed E-state index contributed by atoms with van der Waals surface area (Å²) in [5.74, 6) is -0.239. The Kier molecular flexibility index (Phi) is 5.43. The van der Waals surface area contributed by atoms with Crippen LogP contribution in [0.5, 0.6) is 0 Å². The molecule has 0 bridgehead atoms. The predicted molar refractivity (Wildman–Crippen MR) is 99.3 cm³/mol. The minimum Gasteiger partial charge on any atom is -0.371 e. The van der Waals surface area contributed by atoms with E-state index in [9.17, 15) is 9.59 Å². The molecule has 2 aromatic rings. The van der Waals surface area contributed by atoms with Gasteiger partial charge in [0, 0.05) is 36.2 Å². The summed E-state index contributed by atoms with van der Waals surface area (Å²) in [5.41, 5.74) is 2.72. The lowest BCUT2D eigenvalue weighted by atomic mass is 10.1. The summed E-state index contributed by atoms with van der Waals surface area (Å²) < 4.78 is 0. The number of nitrogens with one attached hydrogen (secondary N) is 1. The van der Waals surface area contributed by atoms with Crippen LogP contribution < -0.4 is 10.2 Å². The topological polar surface area (TPSA) is 62.3 Å². The molecule has 0 spiro atoms. The third-order valence-electron chi connectivity index (χ3n) is 4.50. The molecule has 130 valence electrons. The van der Waals surface area contributed by atoms with Crippen molar-refractivity contribution in [2.24, 2.45) is 0 Å². The molecule has 0 saturated carbocycles. The van der Waals surface area contributed by atoms with Gasteiger partial charge in [0.15, 0.2) is 5.78 Å². The fourth-order valence-corrected chi connectivity index (χ4v) is 3.05. The first-order valence-corrected chi connectivity index (χ1v) is 8.77. The summed E-state index contributed by atoms with van der Waals surface area (Å²) >= 11 is 0. The zero-order valence-electron chi connectivity index (χ0n) is 14.5. The van der Waals surface area contributed by atoms with Gasteiger partial charge in [-0.05, 0) is 56.2 Å². The lowest BCUT2D eigenvalue weighted by molar-refractivity contribution is 0.101. The Bertz CT molecular complexity index is 748. The van der Waals surface area contributed by atoms with Crippen LogP contribution in [0.15, 0.2) is 42.6 Å². The zero-order valence-corrected chi connectivity index (χ0v) is 14.5. The number of pyridine rings is 1. The van der Waals surface area contributed by atoms with E-state index in [1.165, 1.54) is 32.6 Å². The molecule has 0 unspecified atom stereocenters. The van der Waals surface area contributed by atoms with Gasteiger partial charge in [-0.3, -0.25) is 14.6 Å². The largest absolute Gasteiger partial charge is 0.371 e. The van der Waals surface area contributed by atoms with Gasteiger partial charge in [0.2, 0.25) is 0 Å². The summed E-state index contributed by atoms with van der Waals surface area (Å²) in [6.07, 6.45) is 6.60. The SMILES string of the molecule is CC(=O)c1ccc(NC(=O)c2cc(N3CCCCCC3)ccn2)cc1. The molecule has 1 amide bonds. The maximum atomic E-state index is 12.5. The smallest absolute Gasteiger partial charge is 0.274 e. The van der Waals surface area contributed by atoms with Crippen LogP contribution in [0.25, 0.3) is 0 Å². The van der Waals surface area contributed by atoms with Crippen molar-refractivity contribution in [3.05, 3.63) is 53.9 Å². The molecule has 2 heterocycles. The highest BCUT2D eigenvalue weighted by Crippen LogP contribution is 2.20. The molecule has 1 N–H and O–H groups in total. The molecule has 25 heavy (non-hydrogen) atoms. The maximum Gasteiger partial charge on any atom is 0.274 e. The monoisotopic (exact) mass is 337 g/mol. The lowest BCUT2D eigenvalue weighted by Crippen LogP contribution is -2.24. The predicted octanol–water partition coefficient (Wildman–Crippen LogP) is 3.92. The zero-order chi connectivity index (χ0) is 17.6. The molecule has 0 aliphatic carbocycles. The molecule has 1 aromatic carbocycles. The molecule has 0 atom stereocenters. The average Bonchev–Trinajstić information content (AvgIpc) is 2.92. The first-order chi connectivity index (χ1) is 12.1. The van der Waals surface area contributed by atoms with Crippen molar-refractivity contribution < 1.29 is 9.59 Å². The fourth-order valence-electron chi connectivity index (χ4n) is 3.05. The van der Waals surface area contributed by atoms with Crippen LogP contribution in [0, 0.1) is 0 Å². The van der Waals surface area contributed by atoms with Gasteiger partial charge in [-0.25, -0.2) is 0 Å². The minimum atomic E-state index is -0.243. The van der Waals surface area contributed by atoms with Crippen molar-refractivity contribution >= 4 is 23.1 Å². The number of benzene rings is 1. The molecule has 1 aromatic heterocycles. The Morgan fingerprint density at radius 2 is 1.68 bits per heavy atom. The third kappa shape index (κ3) is 4.44. The molecule has 5 nitrogen and oxygen atoms in total.